The van der Waals surface area contributed by atoms with E-state index in [0.717, 1.165) is 29.7 Å². The fourth-order valence-electron chi connectivity index (χ4n) is 3.13. The van der Waals surface area contributed by atoms with E-state index in [0.29, 0.717) is 6.54 Å². The number of imidazole rings is 1. The summed E-state index contributed by atoms with van der Waals surface area (Å²) < 4.78 is 2.25. The summed E-state index contributed by atoms with van der Waals surface area (Å²) in [7, 11) is 1.81. The average Bonchev–Trinajstić information content (AvgIpc) is 3.38. The second-order valence-electron chi connectivity index (χ2n) is 7.25. The number of aryl methyl sites for hydroxylation is 1. The highest BCUT2D eigenvalue weighted by atomic mass is 32.2. The van der Waals surface area contributed by atoms with Crippen LogP contribution in [0.5, 0.6) is 0 Å². The Balaban J connectivity index is 1.28. The first kappa shape index (κ1) is 19.5. The number of nitrogens with zero attached hydrogens (tertiary/aromatic N) is 4. The van der Waals surface area contributed by atoms with Crippen molar-refractivity contribution in [1.29, 1.82) is 0 Å². The Labute approximate surface area is 175 Å². The fourth-order valence-corrected chi connectivity index (χ4v) is 4.37. The molecular formula is C22H26N6S. The first-order chi connectivity index (χ1) is 14.2. The molecule has 0 aliphatic heterocycles. The highest BCUT2D eigenvalue weighted by Gasteiger charge is 2.43. The van der Waals surface area contributed by atoms with Crippen LogP contribution >= 0.6 is 11.8 Å². The predicted octanol–water partition coefficient (Wildman–Crippen LogP) is 3.57. The number of benzene rings is 1. The van der Waals surface area contributed by atoms with Crippen molar-refractivity contribution in [2.24, 2.45) is 4.99 Å². The van der Waals surface area contributed by atoms with Gasteiger partial charge in [0.1, 0.15) is 11.6 Å². The lowest BCUT2D eigenvalue weighted by atomic mass is 10.3. The lowest BCUT2D eigenvalue weighted by Crippen LogP contribution is -2.40. The maximum absolute atomic E-state index is 4.55. The van der Waals surface area contributed by atoms with E-state index in [-0.39, 0.29) is 4.75 Å². The van der Waals surface area contributed by atoms with E-state index in [1.54, 1.807) is 6.20 Å². The Kier molecular flexibility index (Phi) is 5.85. The van der Waals surface area contributed by atoms with Gasteiger partial charge in [0.2, 0.25) is 0 Å². The van der Waals surface area contributed by atoms with Crippen LogP contribution in [0.4, 0.5) is 0 Å². The molecule has 1 aliphatic rings. The molecule has 29 heavy (non-hydrogen) atoms. The van der Waals surface area contributed by atoms with E-state index >= 15 is 0 Å². The standard InChI is InChI=1S/C22H26N6S/c1-17-24-12-13-28(17)20-9-8-18(14-25-20)15-26-21(23-2)27-16-22(10-11-22)29-19-6-4-3-5-7-19/h3-9,12-14H,10-11,15-16H2,1-2H3,(H2,23,26,27). The third kappa shape index (κ3) is 4.98. The van der Waals surface area contributed by atoms with Crippen molar-refractivity contribution in [3.63, 3.8) is 0 Å². The summed E-state index contributed by atoms with van der Waals surface area (Å²) in [5, 5.41) is 6.88. The molecule has 1 aliphatic carbocycles. The van der Waals surface area contributed by atoms with Crippen LogP contribution in [-0.2, 0) is 6.54 Å². The molecule has 3 aromatic rings. The van der Waals surface area contributed by atoms with Crippen LogP contribution in [0.1, 0.15) is 24.2 Å². The van der Waals surface area contributed by atoms with Gasteiger partial charge in [-0.25, -0.2) is 9.97 Å². The summed E-state index contributed by atoms with van der Waals surface area (Å²) in [5.74, 6) is 2.62. The van der Waals surface area contributed by atoms with Crippen molar-refractivity contribution in [1.82, 2.24) is 25.2 Å². The largest absolute Gasteiger partial charge is 0.355 e. The first-order valence-electron chi connectivity index (χ1n) is 9.81. The number of nitrogens with one attached hydrogen (secondary N) is 2. The molecule has 0 atom stereocenters. The Hall–Kier alpha value is -2.80. The highest BCUT2D eigenvalue weighted by Crippen LogP contribution is 2.51. The molecular weight excluding hydrogens is 380 g/mol. The Morgan fingerprint density at radius 3 is 2.59 bits per heavy atom. The fraction of sp³-hybridized carbons (Fsp3) is 0.318. The number of pyridine rings is 1. The molecule has 1 saturated carbocycles. The molecule has 2 N–H and O–H groups in total. The third-order valence-corrected chi connectivity index (χ3v) is 6.52. The number of hydrogen-bond donors (Lipinski definition) is 2. The molecule has 2 heterocycles. The van der Waals surface area contributed by atoms with Crippen molar-refractivity contribution in [3.8, 4) is 5.82 Å². The molecule has 0 amide bonds. The molecule has 150 valence electrons. The maximum atomic E-state index is 4.55. The molecule has 0 radical (unpaired) electrons. The molecule has 0 unspecified atom stereocenters. The van der Waals surface area contributed by atoms with E-state index in [9.17, 15) is 0 Å². The van der Waals surface area contributed by atoms with E-state index in [2.05, 4.69) is 62.0 Å². The van der Waals surface area contributed by atoms with Crippen LogP contribution in [0, 0.1) is 6.92 Å². The van der Waals surface area contributed by atoms with Crippen molar-refractivity contribution in [2.45, 2.75) is 36.0 Å². The lowest BCUT2D eigenvalue weighted by Gasteiger charge is -2.18. The van der Waals surface area contributed by atoms with Crippen molar-refractivity contribution in [3.05, 3.63) is 72.4 Å². The number of rotatable bonds is 7. The van der Waals surface area contributed by atoms with Gasteiger partial charge in [-0.15, -0.1) is 11.8 Å². The zero-order valence-corrected chi connectivity index (χ0v) is 17.6. The van der Waals surface area contributed by atoms with Crippen LogP contribution in [0.2, 0.25) is 0 Å². The van der Waals surface area contributed by atoms with Gasteiger partial charge >= 0.3 is 0 Å². The van der Waals surface area contributed by atoms with Gasteiger partial charge in [-0.3, -0.25) is 9.56 Å². The minimum Gasteiger partial charge on any atom is -0.355 e. The second-order valence-corrected chi connectivity index (χ2v) is 8.79. The number of hydrogen-bond acceptors (Lipinski definition) is 4. The minimum atomic E-state index is 0.283. The van der Waals surface area contributed by atoms with Crippen molar-refractivity contribution in [2.75, 3.05) is 13.6 Å². The van der Waals surface area contributed by atoms with E-state index in [4.69, 9.17) is 0 Å². The molecule has 0 saturated heterocycles. The molecule has 4 rings (SSSR count). The molecule has 6 nitrogen and oxygen atoms in total. The molecule has 2 aromatic heterocycles. The van der Waals surface area contributed by atoms with E-state index in [1.165, 1.54) is 17.7 Å². The van der Waals surface area contributed by atoms with Crippen LogP contribution in [0.3, 0.4) is 0 Å². The molecule has 0 bridgehead atoms. The lowest BCUT2D eigenvalue weighted by molar-refractivity contribution is 0.765. The Morgan fingerprint density at radius 2 is 1.97 bits per heavy atom. The summed E-state index contributed by atoms with van der Waals surface area (Å²) >= 11 is 1.96. The minimum absolute atomic E-state index is 0.283. The number of aromatic nitrogens is 3. The van der Waals surface area contributed by atoms with Gasteiger partial charge in [-0.1, -0.05) is 24.3 Å². The van der Waals surface area contributed by atoms with Crippen LogP contribution < -0.4 is 10.6 Å². The van der Waals surface area contributed by atoms with Gasteiger partial charge in [0.05, 0.1) is 0 Å². The molecule has 0 spiro atoms. The first-order valence-corrected chi connectivity index (χ1v) is 10.6. The quantitative estimate of drug-likeness (QED) is 0.464. The van der Waals surface area contributed by atoms with Gasteiger partial charge in [0, 0.05) is 48.4 Å². The van der Waals surface area contributed by atoms with Gasteiger partial charge in [0.25, 0.3) is 0 Å². The SMILES string of the molecule is CN=C(NCc1ccc(-n2ccnc2C)nc1)NCC1(Sc2ccccc2)CC1. The van der Waals surface area contributed by atoms with Crippen LogP contribution in [0.25, 0.3) is 5.82 Å². The van der Waals surface area contributed by atoms with Crippen LogP contribution in [-0.4, -0.2) is 38.8 Å². The smallest absolute Gasteiger partial charge is 0.191 e. The summed E-state index contributed by atoms with van der Waals surface area (Å²) in [6.07, 6.45) is 8.06. The topological polar surface area (TPSA) is 67.1 Å². The van der Waals surface area contributed by atoms with Crippen molar-refractivity contribution >= 4 is 17.7 Å². The van der Waals surface area contributed by atoms with Gasteiger partial charge in [-0.2, -0.15) is 0 Å². The third-order valence-electron chi connectivity index (χ3n) is 5.03. The highest BCUT2D eigenvalue weighted by molar-refractivity contribution is 8.01. The normalized spacial score (nSPS) is 15.2. The van der Waals surface area contributed by atoms with E-state index in [1.807, 2.05) is 48.8 Å². The summed E-state index contributed by atoms with van der Waals surface area (Å²) in [4.78, 5) is 14.5. The van der Waals surface area contributed by atoms with Gasteiger partial charge in [-0.05, 0) is 43.5 Å². The van der Waals surface area contributed by atoms with Gasteiger partial charge < -0.3 is 10.6 Å². The van der Waals surface area contributed by atoms with E-state index < -0.39 is 0 Å². The zero-order chi connectivity index (χ0) is 20.1. The number of guanidine groups is 1. The number of thioether (sulfide) groups is 1. The summed E-state index contributed by atoms with van der Waals surface area (Å²) in [6.45, 7) is 3.55. The zero-order valence-electron chi connectivity index (χ0n) is 16.8. The Morgan fingerprint density at radius 1 is 1.14 bits per heavy atom. The summed E-state index contributed by atoms with van der Waals surface area (Å²) in [6, 6.07) is 14.7. The summed E-state index contributed by atoms with van der Waals surface area (Å²) in [5.41, 5.74) is 1.11. The average molecular weight is 407 g/mol. The second kappa shape index (κ2) is 8.69. The van der Waals surface area contributed by atoms with Crippen molar-refractivity contribution < 1.29 is 0 Å². The van der Waals surface area contributed by atoms with Crippen LogP contribution in [0.15, 0.2) is 70.9 Å². The molecule has 1 fully saturated rings. The number of aliphatic imine (C=N–C) groups is 1. The maximum Gasteiger partial charge on any atom is 0.191 e. The van der Waals surface area contributed by atoms with Gasteiger partial charge in [0.15, 0.2) is 5.96 Å². The molecule has 1 aromatic carbocycles. The molecule has 7 heteroatoms. The predicted molar refractivity (Wildman–Crippen MR) is 119 cm³/mol. The Bertz CT molecular complexity index is 960. The monoisotopic (exact) mass is 406 g/mol.